The molecule has 0 atom stereocenters. The molecule has 8 nitrogen and oxygen atoms in total. The van der Waals surface area contributed by atoms with E-state index in [0.29, 0.717) is 8.78 Å². The number of rotatable bonds is 5. The SMILES string of the molecule is COC(=O)CN(C)S(=O)(=O)c1cc(Br)ccc1[N+](=O)[O-]. The van der Waals surface area contributed by atoms with E-state index in [-0.39, 0.29) is 0 Å². The number of hydrogen-bond donors (Lipinski definition) is 0. The van der Waals surface area contributed by atoms with Crippen molar-refractivity contribution in [3.8, 4) is 0 Å². The van der Waals surface area contributed by atoms with Crippen molar-refractivity contribution in [2.24, 2.45) is 0 Å². The van der Waals surface area contributed by atoms with Gasteiger partial charge in [0.05, 0.1) is 12.0 Å². The monoisotopic (exact) mass is 366 g/mol. The highest BCUT2D eigenvalue weighted by atomic mass is 79.9. The molecular formula is C10H11BrN2O6S. The van der Waals surface area contributed by atoms with E-state index in [2.05, 4.69) is 20.7 Å². The summed E-state index contributed by atoms with van der Waals surface area (Å²) in [5.41, 5.74) is -0.565. The summed E-state index contributed by atoms with van der Waals surface area (Å²) in [6, 6.07) is 3.54. The summed E-state index contributed by atoms with van der Waals surface area (Å²) in [7, 11) is -1.93. The van der Waals surface area contributed by atoms with E-state index in [0.717, 1.165) is 26.3 Å². The van der Waals surface area contributed by atoms with Gasteiger partial charge in [0.15, 0.2) is 4.90 Å². The van der Waals surface area contributed by atoms with Gasteiger partial charge in [0, 0.05) is 17.6 Å². The van der Waals surface area contributed by atoms with Crippen LogP contribution >= 0.6 is 15.9 Å². The Bertz CT molecular complexity index is 645. The minimum absolute atomic E-state index is 0.369. The van der Waals surface area contributed by atoms with Crippen molar-refractivity contribution < 1.29 is 22.9 Å². The fourth-order valence-corrected chi connectivity index (χ4v) is 3.15. The van der Waals surface area contributed by atoms with Crippen molar-refractivity contribution in [2.45, 2.75) is 4.90 Å². The summed E-state index contributed by atoms with van der Waals surface area (Å²) in [6.07, 6.45) is 0. The maximum absolute atomic E-state index is 12.3. The molecule has 0 amide bonds. The maximum atomic E-state index is 12.3. The van der Waals surface area contributed by atoms with Crippen LogP contribution in [-0.4, -0.2) is 44.3 Å². The first-order valence-electron chi connectivity index (χ1n) is 5.17. The van der Waals surface area contributed by atoms with Gasteiger partial charge in [-0.1, -0.05) is 15.9 Å². The van der Waals surface area contributed by atoms with Crippen molar-refractivity contribution in [2.75, 3.05) is 20.7 Å². The van der Waals surface area contributed by atoms with Crippen LogP contribution in [0.1, 0.15) is 0 Å². The van der Waals surface area contributed by atoms with Gasteiger partial charge in [-0.2, -0.15) is 4.31 Å². The lowest BCUT2D eigenvalue weighted by Gasteiger charge is -2.15. The summed E-state index contributed by atoms with van der Waals surface area (Å²) >= 11 is 3.05. The second kappa shape index (κ2) is 6.29. The molecule has 0 spiro atoms. The first kappa shape index (κ1) is 16.5. The second-order valence-electron chi connectivity index (χ2n) is 3.71. The van der Waals surface area contributed by atoms with Crippen LogP contribution < -0.4 is 0 Å². The van der Waals surface area contributed by atoms with Gasteiger partial charge in [-0.15, -0.1) is 0 Å². The molecule has 1 aromatic carbocycles. The van der Waals surface area contributed by atoms with Crippen molar-refractivity contribution >= 4 is 37.6 Å². The van der Waals surface area contributed by atoms with E-state index in [1.165, 1.54) is 6.07 Å². The van der Waals surface area contributed by atoms with Crippen LogP contribution in [0.5, 0.6) is 0 Å². The van der Waals surface area contributed by atoms with E-state index >= 15 is 0 Å². The Balaban J connectivity index is 3.31. The third-order valence-electron chi connectivity index (χ3n) is 2.39. The largest absolute Gasteiger partial charge is 0.468 e. The number of likely N-dealkylation sites (N-methyl/N-ethyl adjacent to an activating group) is 1. The summed E-state index contributed by atoms with van der Waals surface area (Å²) in [4.78, 5) is 20.7. The lowest BCUT2D eigenvalue weighted by Crippen LogP contribution is -2.33. The number of sulfonamides is 1. The normalized spacial score (nSPS) is 11.4. The molecule has 0 heterocycles. The molecule has 20 heavy (non-hydrogen) atoms. The van der Waals surface area contributed by atoms with Gasteiger partial charge in [0.25, 0.3) is 5.69 Å². The molecule has 0 aliphatic carbocycles. The van der Waals surface area contributed by atoms with Crippen molar-refractivity contribution in [3.05, 3.63) is 32.8 Å². The highest BCUT2D eigenvalue weighted by molar-refractivity contribution is 9.10. The molecule has 110 valence electrons. The number of methoxy groups -OCH3 is 1. The Morgan fingerprint density at radius 3 is 2.60 bits per heavy atom. The second-order valence-corrected chi connectivity index (χ2v) is 6.64. The fraction of sp³-hybridized carbons (Fsp3) is 0.300. The highest BCUT2D eigenvalue weighted by Gasteiger charge is 2.31. The van der Waals surface area contributed by atoms with Crippen LogP contribution in [0, 0.1) is 10.1 Å². The molecule has 0 aromatic heterocycles. The number of halogens is 1. The molecule has 0 saturated carbocycles. The number of nitrogens with zero attached hydrogens (tertiary/aromatic N) is 2. The Morgan fingerprint density at radius 2 is 2.10 bits per heavy atom. The minimum Gasteiger partial charge on any atom is -0.468 e. The van der Waals surface area contributed by atoms with E-state index in [1.807, 2.05) is 0 Å². The van der Waals surface area contributed by atoms with E-state index in [4.69, 9.17) is 0 Å². The zero-order valence-electron chi connectivity index (χ0n) is 10.6. The molecule has 1 rings (SSSR count). The number of carbonyl (C=O) groups is 1. The van der Waals surface area contributed by atoms with E-state index in [9.17, 15) is 23.3 Å². The molecule has 0 fully saturated rings. The summed E-state index contributed by atoms with van der Waals surface area (Å²) in [6.45, 7) is -0.539. The van der Waals surface area contributed by atoms with Crippen LogP contribution in [0.4, 0.5) is 5.69 Å². The van der Waals surface area contributed by atoms with Gasteiger partial charge in [-0.25, -0.2) is 8.42 Å². The summed E-state index contributed by atoms with van der Waals surface area (Å²) < 4.78 is 29.9. The molecule has 0 aliphatic heterocycles. The molecule has 10 heteroatoms. The number of esters is 1. The van der Waals surface area contributed by atoms with E-state index in [1.54, 1.807) is 0 Å². The number of ether oxygens (including phenoxy) is 1. The zero-order valence-corrected chi connectivity index (χ0v) is 13.0. The Labute approximate surface area is 123 Å². The number of hydrogen-bond acceptors (Lipinski definition) is 6. The van der Waals surface area contributed by atoms with E-state index < -0.39 is 38.0 Å². The Morgan fingerprint density at radius 1 is 1.50 bits per heavy atom. The van der Waals surface area contributed by atoms with Crippen LogP contribution in [-0.2, 0) is 19.6 Å². The van der Waals surface area contributed by atoms with Crippen molar-refractivity contribution in [3.63, 3.8) is 0 Å². The molecule has 0 bridgehead atoms. The van der Waals surface area contributed by atoms with Crippen molar-refractivity contribution in [1.82, 2.24) is 4.31 Å². The highest BCUT2D eigenvalue weighted by Crippen LogP contribution is 2.29. The van der Waals surface area contributed by atoms with Crippen LogP contribution in [0.3, 0.4) is 0 Å². The predicted molar refractivity (Wildman–Crippen MR) is 72.6 cm³/mol. The molecule has 0 unspecified atom stereocenters. The van der Waals surface area contributed by atoms with Crippen LogP contribution in [0.15, 0.2) is 27.6 Å². The first-order valence-corrected chi connectivity index (χ1v) is 7.40. The van der Waals surface area contributed by atoms with Gasteiger partial charge >= 0.3 is 5.97 Å². The number of nitro groups is 1. The minimum atomic E-state index is -4.18. The molecule has 0 radical (unpaired) electrons. The quantitative estimate of drug-likeness (QED) is 0.439. The van der Waals surface area contributed by atoms with Gasteiger partial charge in [-0.3, -0.25) is 14.9 Å². The molecule has 1 aromatic rings. The van der Waals surface area contributed by atoms with Gasteiger partial charge < -0.3 is 4.74 Å². The standard InChI is InChI=1S/C10H11BrN2O6S/c1-12(6-10(14)19-2)20(17,18)9-5-7(11)3-4-8(9)13(15)16/h3-5H,6H2,1-2H3. The third-order valence-corrected chi connectivity index (χ3v) is 4.71. The first-order chi connectivity index (χ1) is 9.20. The molecule has 0 saturated heterocycles. The lowest BCUT2D eigenvalue weighted by molar-refractivity contribution is -0.387. The van der Waals surface area contributed by atoms with Crippen LogP contribution in [0.25, 0.3) is 0 Å². The Kier molecular flexibility index (Phi) is 5.20. The maximum Gasteiger partial charge on any atom is 0.321 e. The Hall–Kier alpha value is -1.52. The molecule has 0 N–H and O–H groups in total. The smallest absolute Gasteiger partial charge is 0.321 e. The lowest BCUT2D eigenvalue weighted by atomic mass is 10.3. The van der Waals surface area contributed by atoms with Gasteiger partial charge in [-0.05, 0) is 12.1 Å². The molecule has 0 aliphatic rings. The van der Waals surface area contributed by atoms with Crippen molar-refractivity contribution in [1.29, 1.82) is 0 Å². The molecular weight excluding hydrogens is 356 g/mol. The number of carbonyl (C=O) groups excluding carboxylic acids is 1. The van der Waals surface area contributed by atoms with Gasteiger partial charge in [0.1, 0.15) is 6.54 Å². The average Bonchev–Trinajstić information content (AvgIpc) is 2.37. The summed E-state index contributed by atoms with van der Waals surface area (Å²) in [5.74, 6) is -0.770. The zero-order chi connectivity index (χ0) is 15.5. The number of benzene rings is 1. The number of nitro benzene ring substituents is 1. The summed E-state index contributed by atoms with van der Waals surface area (Å²) in [5, 5.41) is 10.9. The average molecular weight is 367 g/mol. The third kappa shape index (κ3) is 3.52. The van der Waals surface area contributed by atoms with Crippen LogP contribution in [0.2, 0.25) is 0 Å². The topological polar surface area (TPSA) is 107 Å². The fourth-order valence-electron chi connectivity index (χ4n) is 1.34. The predicted octanol–water partition coefficient (Wildman–Crippen LogP) is 1.15. The van der Waals surface area contributed by atoms with Gasteiger partial charge in [0.2, 0.25) is 10.0 Å².